The zero-order valence-electron chi connectivity index (χ0n) is 16.3. The van der Waals surface area contributed by atoms with Gasteiger partial charge in [-0.05, 0) is 35.3 Å². The summed E-state index contributed by atoms with van der Waals surface area (Å²) >= 11 is 3.05. The van der Waals surface area contributed by atoms with E-state index in [4.69, 9.17) is 4.74 Å². The summed E-state index contributed by atoms with van der Waals surface area (Å²) in [6.45, 7) is -0.0575. The van der Waals surface area contributed by atoms with Crippen molar-refractivity contribution in [2.24, 2.45) is 0 Å². The molecule has 11 heteroatoms. The number of pyridine rings is 1. The van der Waals surface area contributed by atoms with Crippen LogP contribution in [0.4, 0.5) is 22.0 Å². The lowest BCUT2D eigenvalue weighted by atomic mass is 9.90. The molecule has 2 heterocycles. The number of alkyl halides is 2. The van der Waals surface area contributed by atoms with E-state index in [1.165, 1.54) is 10.6 Å². The molecule has 0 fully saturated rings. The van der Waals surface area contributed by atoms with Crippen molar-refractivity contribution in [3.63, 3.8) is 0 Å². The molecule has 0 saturated heterocycles. The van der Waals surface area contributed by atoms with Crippen molar-refractivity contribution >= 4 is 27.5 Å². The van der Waals surface area contributed by atoms with Crippen molar-refractivity contribution in [3.8, 4) is 5.75 Å². The van der Waals surface area contributed by atoms with E-state index in [-0.39, 0.29) is 40.1 Å². The molecule has 0 amide bonds. The fraction of sp³-hybridized carbons (Fsp3) is 0.300. The molecule has 1 atom stereocenters. The Morgan fingerprint density at radius 1 is 1.13 bits per heavy atom. The summed E-state index contributed by atoms with van der Waals surface area (Å²) in [5.74, 6) is -5.68. The zero-order chi connectivity index (χ0) is 22.9. The predicted molar refractivity (Wildman–Crippen MR) is 104 cm³/mol. The van der Waals surface area contributed by atoms with E-state index in [0.717, 1.165) is 12.1 Å². The van der Waals surface area contributed by atoms with E-state index in [0.29, 0.717) is 6.07 Å². The number of halogens is 6. The molecule has 2 aromatic heterocycles. The number of carbonyl (C=O) groups excluding carboxylic acids is 1. The van der Waals surface area contributed by atoms with Gasteiger partial charge in [0.2, 0.25) is 0 Å². The second kappa shape index (κ2) is 9.21. The number of imidazole rings is 1. The smallest absolute Gasteiger partial charge is 0.387 e. The molecule has 0 aliphatic rings. The third-order valence-electron chi connectivity index (χ3n) is 4.55. The Hall–Kier alpha value is -2.69. The summed E-state index contributed by atoms with van der Waals surface area (Å²) in [6.07, 6.45) is 1.45. The monoisotopic (exact) mass is 506 g/mol. The minimum atomic E-state index is -3.30. The lowest BCUT2D eigenvalue weighted by Crippen LogP contribution is -2.15. The summed E-state index contributed by atoms with van der Waals surface area (Å²) in [6, 6.07) is 2.31. The van der Waals surface area contributed by atoms with Gasteiger partial charge < -0.3 is 13.9 Å². The van der Waals surface area contributed by atoms with Gasteiger partial charge in [-0.15, -0.1) is 0 Å². The van der Waals surface area contributed by atoms with Gasteiger partial charge in [-0.3, -0.25) is 0 Å². The third kappa shape index (κ3) is 4.51. The van der Waals surface area contributed by atoms with Crippen LogP contribution >= 0.6 is 15.9 Å². The van der Waals surface area contributed by atoms with Gasteiger partial charge >= 0.3 is 12.6 Å². The van der Waals surface area contributed by atoms with E-state index in [1.54, 1.807) is 13.8 Å². The van der Waals surface area contributed by atoms with Crippen LogP contribution in [0.2, 0.25) is 0 Å². The Labute approximate surface area is 181 Å². The van der Waals surface area contributed by atoms with Gasteiger partial charge in [0.25, 0.3) is 0 Å². The van der Waals surface area contributed by atoms with Crippen LogP contribution in [0, 0.1) is 17.5 Å². The molecule has 3 aromatic rings. The number of aromatic nitrogens is 2. The highest BCUT2D eigenvalue weighted by Crippen LogP contribution is 2.39. The molecule has 0 saturated carbocycles. The summed E-state index contributed by atoms with van der Waals surface area (Å²) in [5, 5.41) is 0. The van der Waals surface area contributed by atoms with Crippen LogP contribution in [0.5, 0.6) is 5.75 Å². The number of carbonyl (C=O) groups is 1. The highest BCUT2D eigenvalue weighted by atomic mass is 79.9. The molecular formula is C20H16BrF5N2O3. The average molecular weight is 507 g/mol. The van der Waals surface area contributed by atoms with E-state index in [2.05, 4.69) is 25.7 Å². The van der Waals surface area contributed by atoms with Gasteiger partial charge in [-0.25, -0.2) is 22.9 Å². The first kappa shape index (κ1) is 23.0. The van der Waals surface area contributed by atoms with Crippen molar-refractivity contribution in [2.45, 2.75) is 32.8 Å². The standard InChI is InChI=1S/C20H16BrF5N2O3/c1-3-9(10-5-13(23)14(24)6-15(10)31-20(25)26)18-17(19(29)30-4-2)27-16-7-12(22)11(21)8-28(16)18/h5-9,20H,3-4H2,1-2H3. The lowest BCUT2D eigenvalue weighted by molar-refractivity contribution is -0.0508. The first-order valence-electron chi connectivity index (χ1n) is 9.15. The summed E-state index contributed by atoms with van der Waals surface area (Å²) in [7, 11) is 0. The van der Waals surface area contributed by atoms with E-state index >= 15 is 0 Å². The number of fused-ring (bicyclic) bond motifs is 1. The molecule has 0 bridgehead atoms. The number of rotatable bonds is 7. The largest absolute Gasteiger partial charge is 0.461 e. The molecule has 5 nitrogen and oxygen atoms in total. The van der Waals surface area contributed by atoms with Gasteiger partial charge in [0, 0.05) is 29.8 Å². The van der Waals surface area contributed by atoms with Crippen LogP contribution in [-0.4, -0.2) is 28.6 Å². The molecule has 166 valence electrons. The van der Waals surface area contributed by atoms with E-state index in [1.807, 2.05) is 0 Å². The number of esters is 1. The molecule has 0 aliphatic heterocycles. The van der Waals surface area contributed by atoms with Crippen molar-refractivity contribution in [1.82, 2.24) is 9.38 Å². The minimum Gasteiger partial charge on any atom is -0.461 e. The highest BCUT2D eigenvalue weighted by Gasteiger charge is 2.31. The fourth-order valence-corrected chi connectivity index (χ4v) is 3.63. The molecule has 0 aliphatic carbocycles. The van der Waals surface area contributed by atoms with E-state index in [9.17, 15) is 26.7 Å². The molecule has 31 heavy (non-hydrogen) atoms. The van der Waals surface area contributed by atoms with Crippen molar-refractivity contribution in [1.29, 1.82) is 0 Å². The average Bonchev–Trinajstić information content (AvgIpc) is 3.04. The zero-order valence-corrected chi connectivity index (χ0v) is 17.9. The van der Waals surface area contributed by atoms with Crippen molar-refractivity contribution in [3.05, 3.63) is 63.3 Å². The number of nitrogens with zero attached hydrogens (tertiary/aromatic N) is 2. The first-order valence-corrected chi connectivity index (χ1v) is 9.95. The summed E-state index contributed by atoms with van der Waals surface area (Å²) < 4.78 is 78.5. The number of hydrogen-bond donors (Lipinski definition) is 0. The molecule has 1 unspecified atom stereocenters. The van der Waals surface area contributed by atoms with Gasteiger partial charge in [0.15, 0.2) is 17.3 Å². The van der Waals surface area contributed by atoms with Crippen LogP contribution < -0.4 is 4.74 Å². The molecular weight excluding hydrogens is 491 g/mol. The molecule has 0 radical (unpaired) electrons. The van der Waals surface area contributed by atoms with Crippen LogP contribution in [0.1, 0.15) is 47.9 Å². The Bertz CT molecular complexity index is 1140. The molecule has 0 N–H and O–H groups in total. The van der Waals surface area contributed by atoms with Crippen LogP contribution in [0.25, 0.3) is 5.65 Å². The summed E-state index contributed by atoms with van der Waals surface area (Å²) in [4.78, 5) is 16.7. The first-order chi connectivity index (χ1) is 14.7. The number of ether oxygens (including phenoxy) is 2. The van der Waals surface area contributed by atoms with Crippen molar-refractivity contribution in [2.75, 3.05) is 6.61 Å². The topological polar surface area (TPSA) is 52.8 Å². The van der Waals surface area contributed by atoms with Gasteiger partial charge in [-0.2, -0.15) is 8.78 Å². The summed E-state index contributed by atoms with van der Waals surface area (Å²) in [5.41, 5.74) is -0.175. The van der Waals surface area contributed by atoms with Crippen LogP contribution in [0.3, 0.4) is 0 Å². The van der Waals surface area contributed by atoms with Gasteiger partial charge in [0.1, 0.15) is 17.2 Å². The SMILES string of the molecule is CCOC(=O)c1nc2cc(F)c(Br)cn2c1C(CC)c1cc(F)c(F)cc1OC(F)F. The maximum atomic E-state index is 14.1. The number of hydrogen-bond acceptors (Lipinski definition) is 4. The maximum absolute atomic E-state index is 14.1. The Balaban J connectivity index is 2.32. The molecule has 3 rings (SSSR count). The predicted octanol–water partition coefficient (Wildman–Crippen LogP) is 5.83. The van der Waals surface area contributed by atoms with Crippen molar-refractivity contribution < 1.29 is 36.2 Å². The maximum Gasteiger partial charge on any atom is 0.387 e. The Morgan fingerprint density at radius 2 is 1.81 bits per heavy atom. The highest BCUT2D eigenvalue weighted by molar-refractivity contribution is 9.10. The van der Waals surface area contributed by atoms with Gasteiger partial charge in [-0.1, -0.05) is 6.92 Å². The van der Waals surface area contributed by atoms with E-state index < -0.39 is 41.7 Å². The normalized spacial score (nSPS) is 12.4. The lowest BCUT2D eigenvalue weighted by Gasteiger charge is -2.20. The van der Waals surface area contributed by atoms with Gasteiger partial charge in [0.05, 0.1) is 16.8 Å². The number of benzene rings is 1. The minimum absolute atomic E-state index is 0.0198. The fourth-order valence-electron chi connectivity index (χ4n) is 3.32. The van der Waals surface area contributed by atoms with Crippen LogP contribution in [-0.2, 0) is 4.74 Å². The Kier molecular flexibility index (Phi) is 6.83. The third-order valence-corrected chi connectivity index (χ3v) is 5.14. The second-order valence-corrected chi connectivity index (χ2v) is 7.26. The van der Waals surface area contributed by atoms with Crippen LogP contribution in [0.15, 0.2) is 28.9 Å². The molecule has 0 spiro atoms. The quantitative estimate of drug-likeness (QED) is 0.298. The molecule has 1 aromatic carbocycles. The second-order valence-electron chi connectivity index (χ2n) is 6.41. The Morgan fingerprint density at radius 3 is 2.42 bits per heavy atom.